The molecule has 0 aliphatic rings. The Hall–Kier alpha value is -1.07. The molecular formula is C13H8Cl3N3S. The first kappa shape index (κ1) is 13.9. The zero-order valence-corrected chi connectivity index (χ0v) is 13.3. The van der Waals surface area contributed by atoms with E-state index in [0.29, 0.717) is 31.2 Å². The van der Waals surface area contributed by atoms with Gasteiger partial charge < -0.3 is 4.98 Å². The molecule has 0 aliphatic heterocycles. The molecule has 0 bridgehead atoms. The number of rotatable bonds is 1. The molecule has 0 atom stereocenters. The van der Waals surface area contributed by atoms with Crippen LogP contribution in [-0.4, -0.2) is 14.5 Å². The highest BCUT2D eigenvalue weighted by molar-refractivity contribution is 7.71. The van der Waals surface area contributed by atoms with E-state index >= 15 is 0 Å². The summed E-state index contributed by atoms with van der Waals surface area (Å²) >= 11 is 23.6. The van der Waals surface area contributed by atoms with Crippen molar-refractivity contribution in [3.05, 3.63) is 49.8 Å². The van der Waals surface area contributed by atoms with Crippen LogP contribution < -0.4 is 0 Å². The van der Waals surface area contributed by atoms with E-state index in [4.69, 9.17) is 47.0 Å². The van der Waals surface area contributed by atoms with Crippen LogP contribution >= 0.6 is 47.0 Å². The summed E-state index contributed by atoms with van der Waals surface area (Å²) in [7, 11) is 0. The van der Waals surface area contributed by atoms with Gasteiger partial charge in [0.25, 0.3) is 0 Å². The number of nitrogens with zero attached hydrogens (tertiary/aromatic N) is 2. The number of halogens is 3. The van der Waals surface area contributed by atoms with Gasteiger partial charge in [-0.3, -0.25) is 4.57 Å². The normalized spacial score (nSPS) is 11.2. The fourth-order valence-electron chi connectivity index (χ4n) is 2.01. The Labute approximate surface area is 135 Å². The largest absolute Gasteiger partial charge is 0.329 e. The van der Waals surface area contributed by atoms with Gasteiger partial charge in [-0.25, -0.2) is 4.98 Å². The average Bonchev–Trinajstić information content (AvgIpc) is 2.69. The van der Waals surface area contributed by atoms with Gasteiger partial charge in [0.05, 0.1) is 26.3 Å². The van der Waals surface area contributed by atoms with E-state index < -0.39 is 0 Å². The average molecular weight is 345 g/mol. The first-order valence-corrected chi connectivity index (χ1v) is 7.24. The minimum atomic E-state index is 0.399. The summed E-state index contributed by atoms with van der Waals surface area (Å²) in [5, 5.41) is 1.27. The van der Waals surface area contributed by atoms with Crippen LogP contribution in [0.15, 0.2) is 24.4 Å². The number of pyridine rings is 1. The third kappa shape index (κ3) is 2.23. The molecule has 0 amide bonds. The number of nitrogens with one attached hydrogen (secondary N) is 1. The molecule has 1 aromatic carbocycles. The van der Waals surface area contributed by atoms with Crippen LogP contribution in [0.5, 0.6) is 0 Å². The quantitative estimate of drug-likeness (QED) is 0.477. The van der Waals surface area contributed by atoms with Crippen LogP contribution in [0.1, 0.15) is 5.56 Å². The monoisotopic (exact) mass is 343 g/mol. The zero-order valence-electron chi connectivity index (χ0n) is 10.2. The molecule has 0 saturated carbocycles. The smallest absolute Gasteiger partial charge is 0.184 e. The molecule has 3 nitrogen and oxygen atoms in total. The summed E-state index contributed by atoms with van der Waals surface area (Å²) in [5.74, 6) is 0. The molecule has 7 heteroatoms. The van der Waals surface area contributed by atoms with Gasteiger partial charge in [-0.15, -0.1) is 0 Å². The molecule has 0 spiro atoms. The van der Waals surface area contributed by atoms with Gasteiger partial charge in [0, 0.05) is 6.20 Å². The van der Waals surface area contributed by atoms with Gasteiger partial charge in [0.15, 0.2) is 10.4 Å². The van der Waals surface area contributed by atoms with Crippen LogP contribution in [0, 0.1) is 11.7 Å². The number of benzene rings is 1. The Balaban J connectivity index is 2.38. The molecule has 3 aromatic rings. The second-order valence-electron chi connectivity index (χ2n) is 4.37. The van der Waals surface area contributed by atoms with Crippen molar-refractivity contribution in [2.45, 2.75) is 6.92 Å². The maximum Gasteiger partial charge on any atom is 0.184 e. The first-order chi connectivity index (χ1) is 9.47. The molecule has 0 unspecified atom stereocenters. The highest BCUT2D eigenvalue weighted by Gasteiger charge is 2.13. The fourth-order valence-corrected chi connectivity index (χ4v) is 2.93. The minimum Gasteiger partial charge on any atom is -0.329 e. The Morgan fingerprint density at radius 1 is 1.10 bits per heavy atom. The number of aromatic amines is 1. The number of hydrogen-bond donors (Lipinski definition) is 1. The standard InChI is InChI=1S/C13H8Cl3N3S/c1-6-2-10-12(17-5-6)19(13(20)18-10)11-4-8(15)7(14)3-9(11)16/h2-5H,1H3,(H,18,20). The molecule has 2 aromatic heterocycles. The molecule has 3 rings (SSSR count). The Kier molecular flexibility index (Phi) is 3.50. The summed E-state index contributed by atoms with van der Waals surface area (Å²) < 4.78 is 2.24. The second kappa shape index (κ2) is 5.04. The first-order valence-electron chi connectivity index (χ1n) is 5.69. The summed E-state index contributed by atoms with van der Waals surface area (Å²) in [5.41, 5.74) is 3.23. The Morgan fingerprint density at radius 2 is 1.80 bits per heavy atom. The van der Waals surface area contributed by atoms with E-state index in [2.05, 4.69) is 9.97 Å². The lowest BCUT2D eigenvalue weighted by Crippen LogP contribution is -1.97. The van der Waals surface area contributed by atoms with Gasteiger partial charge in [0.2, 0.25) is 0 Å². The molecule has 0 radical (unpaired) electrons. The van der Waals surface area contributed by atoms with Crippen molar-refractivity contribution in [2.75, 3.05) is 0 Å². The third-order valence-corrected chi connectivity index (χ3v) is 4.20. The molecule has 1 N–H and O–H groups in total. The van der Waals surface area contributed by atoms with E-state index in [1.54, 1.807) is 22.9 Å². The molecule has 102 valence electrons. The lowest BCUT2D eigenvalue weighted by atomic mass is 10.3. The van der Waals surface area contributed by atoms with Crippen molar-refractivity contribution in [2.24, 2.45) is 0 Å². The molecule has 0 aliphatic carbocycles. The van der Waals surface area contributed by atoms with Crippen molar-refractivity contribution in [1.29, 1.82) is 0 Å². The van der Waals surface area contributed by atoms with Crippen LogP contribution in [-0.2, 0) is 0 Å². The van der Waals surface area contributed by atoms with Crippen molar-refractivity contribution < 1.29 is 0 Å². The van der Waals surface area contributed by atoms with Crippen molar-refractivity contribution in [3.8, 4) is 5.69 Å². The lowest BCUT2D eigenvalue weighted by Gasteiger charge is -2.08. The summed E-state index contributed by atoms with van der Waals surface area (Å²) in [6.45, 7) is 1.97. The van der Waals surface area contributed by atoms with Gasteiger partial charge >= 0.3 is 0 Å². The highest BCUT2D eigenvalue weighted by atomic mass is 35.5. The predicted molar refractivity (Wildman–Crippen MR) is 86.0 cm³/mol. The molecule has 2 heterocycles. The summed E-state index contributed by atoms with van der Waals surface area (Å²) in [4.78, 5) is 7.51. The molecular weight excluding hydrogens is 337 g/mol. The lowest BCUT2D eigenvalue weighted by molar-refractivity contribution is 1.04. The molecule has 0 fully saturated rings. The number of hydrogen-bond acceptors (Lipinski definition) is 2. The maximum atomic E-state index is 6.24. The van der Waals surface area contributed by atoms with Crippen molar-refractivity contribution >= 4 is 58.2 Å². The van der Waals surface area contributed by atoms with Gasteiger partial charge in [-0.1, -0.05) is 34.8 Å². The van der Waals surface area contributed by atoms with Gasteiger partial charge in [-0.2, -0.15) is 0 Å². The van der Waals surface area contributed by atoms with E-state index in [0.717, 1.165) is 11.1 Å². The van der Waals surface area contributed by atoms with Crippen LogP contribution in [0.2, 0.25) is 15.1 Å². The molecule has 0 saturated heterocycles. The molecule has 20 heavy (non-hydrogen) atoms. The van der Waals surface area contributed by atoms with E-state index in [1.165, 1.54) is 0 Å². The van der Waals surface area contributed by atoms with Gasteiger partial charge in [-0.05, 0) is 42.9 Å². The highest BCUT2D eigenvalue weighted by Crippen LogP contribution is 2.32. The van der Waals surface area contributed by atoms with Crippen LogP contribution in [0.3, 0.4) is 0 Å². The minimum absolute atomic E-state index is 0.399. The van der Waals surface area contributed by atoms with Gasteiger partial charge in [0.1, 0.15) is 0 Å². The number of imidazole rings is 1. The van der Waals surface area contributed by atoms with Crippen LogP contribution in [0.4, 0.5) is 0 Å². The topological polar surface area (TPSA) is 33.6 Å². The zero-order chi connectivity index (χ0) is 14.4. The predicted octanol–water partition coefficient (Wildman–Crippen LogP) is 5.35. The van der Waals surface area contributed by atoms with Crippen LogP contribution in [0.25, 0.3) is 16.9 Å². The van der Waals surface area contributed by atoms with Crippen molar-refractivity contribution in [1.82, 2.24) is 14.5 Å². The third-order valence-electron chi connectivity index (χ3n) is 2.89. The summed E-state index contributed by atoms with van der Waals surface area (Å²) in [6, 6.07) is 5.24. The summed E-state index contributed by atoms with van der Waals surface area (Å²) in [6.07, 6.45) is 1.77. The second-order valence-corrected chi connectivity index (χ2v) is 5.98. The maximum absolute atomic E-state index is 6.24. The van der Waals surface area contributed by atoms with E-state index in [9.17, 15) is 0 Å². The Bertz CT molecular complexity index is 882. The Morgan fingerprint density at radius 3 is 2.55 bits per heavy atom. The number of aryl methyl sites for hydroxylation is 1. The number of aromatic nitrogens is 3. The van der Waals surface area contributed by atoms with E-state index in [-0.39, 0.29) is 0 Å². The SMILES string of the molecule is Cc1cnc2c(c1)[nH]c(=S)n2-c1cc(Cl)c(Cl)cc1Cl. The fraction of sp³-hybridized carbons (Fsp3) is 0.0769. The van der Waals surface area contributed by atoms with E-state index in [1.807, 2.05) is 13.0 Å². The number of fused-ring (bicyclic) bond motifs is 1. The van der Waals surface area contributed by atoms with Crippen molar-refractivity contribution in [3.63, 3.8) is 0 Å². The number of H-pyrrole nitrogens is 1.